The second-order valence-electron chi connectivity index (χ2n) is 8.42. The minimum Gasteiger partial charge on any atom is -0.462 e. The summed E-state index contributed by atoms with van der Waals surface area (Å²) >= 11 is 0. The summed E-state index contributed by atoms with van der Waals surface area (Å²) in [6, 6.07) is 16.5. The zero-order valence-electron chi connectivity index (χ0n) is 19.4. The van der Waals surface area contributed by atoms with E-state index in [-0.39, 0.29) is 11.9 Å². The van der Waals surface area contributed by atoms with Crippen molar-refractivity contribution in [3.63, 3.8) is 0 Å². The molecule has 1 amide bonds. The molecule has 10 heteroatoms. The van der Waals surface area contributed by atoms with Gasteiger partial charge in [0.25, 0.3) is 5.91 Å². The first-order valence-electron chi connectivity index (χ1n) is 11.0. The SMILES string of the molecule is CC(C)COc1nc(-c2ccc(C(F)(F)F)cc2)n(-c2ccc(NC(=O)c3ccc(F)cc3)cc2)n1. The lowest BCUT2D eigenvalue weighted by atomic mass is 10.1. The van der Waals surface area contributed by atoms with E-state index in [0.29, 0.717) is 34.9 Å². The standard InChI is InChI=1S/C26H22F4N4O2/c1-16(2)15-36-25-32-23(17-3-7-19(8-4-17)26(28,29)30)34(33-25)22-13-11-21(12-14-22)31-24(35)18-5-9-20(27)10-6-18/h3-14,16H,15H2,1-2H3,(H,31,35). The number of benzene rings is 3. The number of halogens is 4. The molecule has 0 aliphatic carbocycles. The van der Waals surface area contributed by atoms with Crippen LogP contribution in [0.2, 0.25) is 0 Å². The van der Waals surface area contributed by atoms with Crippen LogP contribution >= 0.6 is 0 Å². The Morgan fingerprint density at radius 2 is 1.61 bits per heavy atom. The molecule has 186 valence electrons. The van der Waals surface area contributed by atoms with Crippen molar-refractivity contribution >= 4 is 11.6 Å². The Morgan fingerprint density at radius 1 is 0.972 bits per heavy atom. The van der Waals surface area contributed by atoms with Crippen LogP contribution in [0.1, 0.15) is 29.8 Å². The van der Waals surface area contributed by atoms with Gasteiger partial charge in [-0.05, 0) is 66.6 Å². The van der Waals surface area contributed by atoms with Crippen molar-refractivity contribution in [2.24, 2.45) is 5.92 Å². The molecular formula is C26H22F4N4O2. The van der Waals surface area contributed by atoms with Crippen LogP contribution in [0.25, 0.3) is 17.1 Å². The molecule has 0 radical (unpaired) electrons. The molecule has 0 saturated carbocycles. The van der Waals surface area contributed by atoms with Gasteiger partial charge >= 0.3 is 12.2 Å². The number of rotatable bonds is 7. The third-order valence-electron chi connectivity index (χ3n) is 5.08. The number of nitrogens with one attached hydrogen (secondary N) is 1. The number of ether oxygens (including phenoxy) is 1. The summed E-state index contributed by atoms with van der Waals surface area (Å²) in [5.41, 5.74) is 0.990. The van der Waals surface area contributed by atoms with E-state index in [4.69, 9.17) is 4.74 Å². The van der Waals surface area contributed by atoms with Crippen molar-refractivity contribution in [3.8, 4) is 23.1 Å². The Hall–Kier alpha value is -4.21. The molecule has 0 atom stereocenters. The largest absolute Gasteiger partial charge is 0.462 e. The van der Waals surface area contributed by atoms with Crippen LogP contribution in [0.15, 0.2) is 72.8 Å². The molecule has 4 rings (SSSR count). The fourth-order valence-corrected chi connectivity index (χ4v) is 3.26. The predicted molar refractivity (Wildman–Crippen MR) is 126 cm³/mol. The predicted octanol–water partition coefficient (Wildman–Crippen LogP) is 6.38. The van der Waals surface area contributed by atoms with Gasteiger partial charge in [0.15, 0.2) is 5.82 Å². The Kier molecular flexibility index (Phi) is 7.05. The highest BCUT2D eigenvalue weighted by Gasteiger charge is 2.30. The van der Waals surface area contributed by atoms with Gasteiger partial charge in [0.2, 0.25) is 0 Å². The summed E-state index contributed by atoms with van der Waals surface area (Å²) in [5.74, 6) is -0.330. The average Bonchev–Trinajstić information content (AvgIpc) is 3.27. The van der Waals surface area contributed by atoms with Crippen molar-refractivity contribution in [2.45, 2.75) is 20.0 Å². The molecule has 0 fully saturated rings. The Balaban J connectivity index is 1.61. The van der Waals surface area contributed by atoms with E-state index in [2.05, 4.69) is 15.4 Å². The van der Waals surface area contributed by atoms with E-state index in [1.165, 1.54) is 41.1 Å². The minimum atomic E-state index is -4.45. The lowest BCUT2D eigenvalue weighted by Gasteiger charge is -2.10. The van der Waals surface area contributed by atoms with Gasteiger partial charge in [-0.15, -0.1) is 5.10 Å². The maximum atomic E-state index is 13.1. The van der Waals surface area contributed by atoms with E-state index in [1.54, 1.807) is 24.3 Å². The van der Waals surface area contributed by atoms with Gasteiger partial charge in [-0.3, -0.25) is 4.79 Å². The van der Waals surface area contributed by atoms with Crippen LogP contribution in [0.3, 0.4) is 0 Å². The maximum absolute atomic E-state index is 13.1. The summed E-state index contributed by atoms with van der Waals surface area (Å²) in [5, 5.41) is 7.11. The average molecular weight is 498 g/mol. The van der Waals surface area contributed by atoms with Crippen LogP contribution in [-0.4, -0.2) is 27.3 Å². The van der Waals surface area contributed by atoms with Crippen molar-refractivity contribution in [1.82, 2.24) is 14.8 Å². The number of anilines is 1. The third kappa shape index (κ3) is 5.88. The summed E-state index contributed by atoms with van der Waals surface area (Å²) < 4.78 is 59.2. The smallest absolute Gasteiger partial charge is 0.416 e. The van der Waals surface area contributed by atoms with Gasteiger partial charge in [0.1, 0.15) is 5.82 Å². The molecule has 0 unspecified atom stereocenters. The Labute approximate surface area is 204 Å². The summed E-state index contributed by atoms with van der Waals surface area (Å²) in [4.78, 5) is 16.8. The zero-order valence-corrected chi connectivity index (χ0v) is 19.4. The van der Waals surface area contributed by atoms with Gasteiger partial charge in [0.05, 0.1) is 17.9 Å². The van der Waals surface area contributed by atoms with Crippen molar-refractivity contribution in [2.75, 3.05) is 11.9 Å². The number of amides is 1. The fourth-order valence-electron chi connectivity index (χ4n) is 3.26. The topological polar surface area (TPSA) is 69.0 Å². The number of carbonyl (C=O) groups excluding carboxylic acids is 1. The molecular weight excluding hydrogens is 476 g/mol. The maximum Gasteiger partial charge on any atom is 0.416 e. The van der Waals surface area contributed by atoms with E-state index < -0.39 is 23.5 Å². The lowest BCUT2D eigenvalue weighted by Crippen LogP contribution is -2.12. The quantitative estimate of drug-likeness (QED) is 0.300. The van der Waals surface area contributed by atoms with Crippen molar-refractivity contribution in [1.29, 1.82) is 0 Å². The minimum absolute atomic E-state index is 0.0901. The molecule has 0 saturated heterocycles. The summed E-state index contributed by atoms with van der Waals surface area (Å²) in [7, 11) is 0. The number of hydrogen-bond acceptors (Lipinski definition) is 4. The summed E-state index contributed by atoms with van der Waals surface area (Å²) in [6.45, 7) is 4.30. The van der Waals surface area contributed by atoms with E-state index in [1.807, 2.05) is 13.8 Å². The number of nitrogens with zero attached hydrogens (tertiary/aromatic N) is 3. The summed E-state index contributed by atoms with van der Waals surface area (Å²) in [6.07, 6.45) is -4.45. The molecule has 1 heterocycles. The Morgan fingerprint density at radius 3 is 2.19 bits per heavy atom. The van der Waals surface area contributed by atoms with Crippen molar-refractivity contribution < 1.29 is 27.1 Å². The first-order chi connectivity index (χ1) is 17.1. The van der Waals surface area contributed by atoms with Crippen LogP contribution in [0, 0.1) is 11.7 Å². The number of aromatic nitrogens is 3. The third-order valence-corrected chi connectivity index (χ3v) is 5.08. The van der Waals surface area contributed by atoms with E-state index in [9.17, 15) is 22.4 Å². The second-order valence-corrected chi connectivity index (χ2v) is 8.42. The Bertz CT molecular complexity index is 1330. The first-order valence-corrected chi connectivity index (χ1v) is 11.0. The van der Waals surface area contributed by atoms with Crippen LogP contribution in [0.4, 0.5) is 23.2 Å². The highest BCUT2D eigenvalue weighted by Crippen LogP contribution is 2.31. The molecule has 6 nitrogen and oxygen atoms in total. The van der Waals surface area contributed by atoms with Crippen LogP contribution < -0.4 is 10.1 Å². The molecule has 0 bridgehead atoms. The highest BCUT2D eigenvalue weighted by atomic mass is 19.4. The molecule has 1 aromatic heterocycles. The van der Waals surface area contributed by atoms with Gasteiger partial charge in [0, 0.05) is 16.8 Å². The zero-order chi connectivity index (χ0) is 25.9. The normalized spacial score (nSPS) is 11.5. The highest BCUT2D eigenvalue weighted by molar-refractivity contribution is 6.04. The first kappa shape index (κ1) is 24.9. The molecule has 0 spiro atoms. The van der Waals surface area contributed by atoms with Gasteiger partial charge in [-0.25, -0.2) is 9.07 Å². The van der Waals surface area contributed by atoms with Crippen molar-refractivity contribution in [3.05, 3.63) is 89.7 Å². The lowest BCUT2D eigenvalue weighted by molar-refractivity contribution is -0.137. The number of alkyl halides is 3. The second kappa shape index (κ2) is 10.2. The number of hydrogen-bond donors (Lipinski definition) is 1. The molecule has 4 aromatic rings. The van der Waals surface area contributed by atoms with E-state index >= 15 is 0 Å². The van der Waals surface area contributed by atoms with Gasteiger partial charge in [-0.2, -0.15) is 18.2 Å². The fraction of sp³-hybridized carbons (Fsp3) is 0.192. The van der Waals surface area contributed by atoms with Gasteiger partial charge < -0.3 is 10.1 Å². The van der Waals surface area contributed by atoms with Crippen LogP contribution in [-0.2, 0) is 6.18 Å². The molecule has 3 aromatic carbocycles. The molecule has 1 N–H and O–H groups in total. The molecule has 0 aliphatic heterocycles. The molecule has 0 aliphatic rings. The molecule has 36 heavy (non-hydrogen) atoms. The van der Waals surface area contributed by atoms with Gasteiger partial charge in [-0.1, -0.05) is 26.0 Å². The van der Waals surface area contributed by atoms with Crippen LogP contribution in [0.5, 0.6) is 6.01 Å². The monoisotopic (exact) mass is 498 g/mol. The van der Waals surface area contributed by atoms with E-state index in [0.717, 1.165) is 12.1 Å². The number of carbonyl (C=O) groups is 1.